The molecule has 5 N–H and O–H groups in total. The average molecular weight is 566 g/mol. The molecule has 0 fully saturated rings. The van der Waals surface area contributed by atoms with Crippen LogP contribution in [0.4, 0.5) is 0 Å². The summed E-state index contributed by atoms with van der Waals surface area (Å²) in [5.74, 6) is 0. The topological polar surface area (TPSA) is 97.7 Å². The summed E-state index contributed by atoms with van der Waals surface area (Å²) < 4.78 is 0. The second kappa shape index (κ2) is 33.8. The van der Waals surface area contributed by atoms with Crippen molar-refractivity contribution in [2.24, 2.45) is 0 Å². The number of nitrogens with one attached hydrogen (secondary N) is 2. The molecule has 0 saturated heterocycles. The average Bonchev–Trinajstić information content (AvgIpc) is 2.59. The Hall–Kier alpha value is 0.679. The van der Waals surface area contributed by atoms with Crippen LogP contribution in [0.25, 0.3) is 0 Å². The van der Waals surface area contributed by atoms with E-state index in [9.17, 15) is 0 Å². The van der Waals surface area contributed by atoms with Gasteiger partial charge in [0.2, 0.25) is 0 Å². The standard InChI is InChI=1S/2C10H25N3.CH4O3.2Cu/c2*1-12(2)9-5-7-11-8-6-10-13(3)4;2-1(3)4;;/h2*11H,5-10H2,1-4H3;1-4H;;/q;;;2*+1. The fourth-order valence-electron chi connectivity index (χ4n) is 2.33. The van der Waals surface area contributed by atoms with E-state index < -0.39 is 6.48 Å². The maximum absolute atomic E-state index is 7.17. The molecule has 0 rings (SSSR count). The first-order valence-electron chi connectivity index (χ1n) is 11.0. The Labute approximate surface area is 220 Å². The van der Waals surface area contributed by atoms with Gasteiger partial charge in [-0.25, -0.2) is 0 Å². The first-order valence-corrected chi connectivity index (χ1v) is 11.0. The maximum atomic E-state index is 7.17. The molecule has 206 valence electrons. The van der Waals surface area contributed by atoms with Crippen molar-refractivity contribution in [2.45, 2.75) is 32.2 Å². The molecule has 32 heavy (non-hydrogen) atoms. The number of rotatable bonds is 16. The summed E-state index contributed by atoms with van der Waals surface area (Å²) in [6.45, 7) is 7.14. The third kappa shape index (κ3) is 63.2. The largest absolute Gasteiger partial charge is 1.00 e. The number of aliphatic hydroxyl groups is 3. The van der Waals surface area contributed by atoms with Crippen molar-refractivity contribution in [1.82, 2.24) is 30.2 Å². The zero-order valence-electron chi connectivity index (χ0n) is 21.8. The molecule has 0 spiro atoms. The van der Waals surface area contributed by atoms with Gasteiger partial charge in [0.25, 0.3) is 6.48 Å². The minimum Gasteiger partial charge on any atom is -0.346 e. The molecular formula is C21H54Cu2N6O3+2. The maximum Gasteiger partial charge on any atom is 1.00 e. The predicted molar refractivity (Wildman–Crippen MR) is 129 cm³/mol. The molecule has 0 radical (unpaired) electrons. The van der Waals surface area contributed by atoms with E-state index in [1.165, 1.54) is 51.9 Å². The molecule has 0 aliphatic rings. The van der Waals surface area contributed by atoms with Crippen molar-refractivity contribution >= 4 is 0 Å². The second-order valence-electron chi connectivity index (χ2n) is 8.47. The molecule has 0 amide bonds. The molecule has 0 unspecified atom stereocenters. The number of hydrogen-bond acceptors (Lipinski definition) is 9. The van der Waals surface area contributed by atoms with E-state index in [0.717, 1.165) is 26.2 Å². The Kier molecular flexibility index (Phi) is 45.3. The minimum atomic E-state index is -2.17. The zero-order valence-corrected chi connectivity index (χ0v) is 23.7. The summed E-state index contributed by atoms with van der Waals surface area (Å²) in [5.41, 5.74) is 0. The van der Waals surface area contributed by atoms with E-state index in [1.807, 2.05) is 0 Å². The van der Waals surface area contributed by atoms with Gasteiger partial charge in [-0.15, -0.1) is 0 Å². The van der Waals surface area contributed by atoms with Crippen LogP contribution >= 0.6 is 0 Å². The molecule has 0 aromatic heterocycles. The van der Waals surface area contributed by atoms with Crippen molar-refractivity contribution in [3.63, 3.8) is 0 Å². The van der Waals surface area contributed by atoms with Crippen LogP contribution in [0.2, 0.25) is 0 Å². The van der Waals surface area contributed by atoms with Gasteiger partial charge >= 0.3 is 34.1 Å². The fourth-order valence-corrected chi connectivity index (χ4v) is 2.33. The summed E-state index contributed by atoms with van der Waals surface area (Å²) >= 11 is 0. The van der Waals surface area contributed by atoms with Crippen molar-refractivity contribution in [1.29, 1.82) is 0 Å². The second-order valence-corrected chi connectivity index (χ2v) is 8.47. The van der Waals surface area contributed by atoms with E-state index in [2.05, 4.69) is 86.6 Å². The molecule has 0 aliphatic heterocycles. The Balaban J connectivity index is -0.000000123. The predicted octanol–water partition coefficient (Wildman–Crippen LogP) is -0.799. The van der Waals surface area contributed by atoms with Crippen LogP contribution in [0, 0.1) is 0 Å². The van der Waals surface area contributed by atoms with Gasteiger partial charge in [0.1, 0.15) is 0 Å². The van der Waals surface area contributed by atoms with E-state index in [0.29, 0.717) is 0 Å². The third-order valence-electron chi connectivity index (χ3n) is 3.84. The molecule has 0 aromatic rings. The van der Waals surface area contributed by atoms with E-state index in [1.54, 1.807) is 0 Å². The quantitative estimate of drug-likeness (QED) is 0.0937. The molecule has 0 heterocycles. The van der Waals surface area contributed by atoms with Crippen LogP contribution in [-0.2, 0) is 34.1 Å². The smallest absolute Gasteiger partial charge is 0.346 e. The molecular weight excluding hydrogens is 511 g/mol. The van der Waals surface area contributed by atoms with Gasteiger partial charge in [0, 0.05) is 0 Å². The van der Waals surface area contributed by atoms with Gasteiger partial charge in [-0.05, 0) is 134 Å². The normalized spacial score (nSPS) is 10.5. The van der Waals surface area contributed by atoms with Gasteiger partial charge in [-0.1, -0.05) is 0 Å². The van der Waals surface area contributed by atoms with Crippen molar-refractivity contribution < 1.29 is 49.5 Å². The van der Waals surface area contributed by atoms with Gasteiger partial charge in [-0.2, -0.15) is 0 Å². The third-order valence-corrected chi connectivity index (χ3v) is 3.84. The van der Waals surface area contributed by atoms with E-state index in [-0.39, 0.29) is 34.1 Å². The fraction of sp³-hybridized carbons (Fsp3) is 1.00. The number of aliphatic hydroxyl groups excluding tert-OH is 1. The Bertz CT molecular complexity index is 265. The summed E-state index contributed by atoms with van der Waals surface area (Å²) in [5, 5.41) is 28.4. The van der Waals surface area contributed by atoms with Crippen LogP contribution < -0.4 is 10.6 Å². The van der Waals surface area contributed by atoms with Crippen molar-refractivity contribution in [3.05, 3.63) is 0 Å². The summed E-state index contributed by atoms with van der Waals surface area (Å²) in [7, 11) is 16.9. The molecule has 0 aromatic carbocycles. The van der Waals surface area contributed by atoms with Crippen LogP contribution in [0.1, 0.15) is 25.7 Å². The van der Waals surface area contributed by atoms with E-state index >= 15 is 0 Å². The zero-order chi connectivity index (χ0) is 23.8. The molecule has 0 bridgehead atoms. The van der Waals surface area contributed by atoms with Gasteiger partial charge in [0.15, 0.2) is 0 Å². The van der Waals surface area contributed by atoms with Crippen molar-refractivity contribution in [2.75, 3.05) is 109 Å². The SMILES string of the molecule is CN(C)CCCNCCCN(C)C.CN(C)CCCNCCCN(C)C.OC(O)O.[Cu+].[Cu+]. The summed E-state index contributed by atoms with van der Waals surface area (Å²) in [6.07, 6.45) is 4.98. The molecule has 0 aliphatic carbocycles. The molecule has 9 nitrogen and oxygen atoms in total. The van der Waals surface area contributed by atoms with Crippen molar-refractivity contribution in [3.8, 4) is 0 Å². The molecule has 0 atom stereocenters. The van der Waals surface area contributed by atoms with Crippen LogP contribution in [0.3, 0.4) is 0 Å². The van der Waals surface area contributed by atoms with Gasteiger partial charge in [-0.3, -0.25) is 0 Å². The number of nitrogens with zero attached hydrogens (tertiary/aromatic N) is 4. The summed E-state index contributed by atoms with van der Waals surface area (Å²) in [6, 6.07) is 0. The first kappa shape index (κ1) is 42.8. The monoisotopic (exact) mass is 564 g/mol. The molecule has 0 saturated carbocycles. The number of hydrogen-bond donors (Lipinski definition) is 5. The molecule has 11 heteroatoms. The summed E-state index contributed by atoms with van der Waals surface area (Å²) in [4.78, 5) is 8.89. The van der Waals surface area contributed by atoms with Crippen LogP contribution in [0.15, 0.2) is 0 Å². The Morgan fingerprint density at radius 2 is 0.625 bits per heavy atom. The Morgan fingerprint density at radius 3 is 0.750 bits per heavy atom. The van der Waals surface area contributed by atoms with Crippen LogP contribution in [-0.4, -0.2) is 150 Å². The minimum absolute atomic E-state index is 0. The Morgan fingerprint density at radius 1 is 0.469 bits per heavy atom. The van der Waals surface area contributed by atoms with Gasteiger partial charge < -0.3 is 45.6 Å². The first-order chi connectivity index (χ1) is 14.0. The van der Waals surface area contributed by atoms with Gasteiger partial charge in [0.05, 0.1) is 0 Å². The van der Waals surface area contributed by atoms with E-state index in [4.69, 9.17) is 15.3 Å². The van der Waals surface area contributed by atoms with Crippen LogP contribution in [0.5, 0.6) is 0 Å².